The van der Waals surface area contributed by atoms with Crippen molar-refractivity contribution in [3.8, 4) is 5.75 Å². The number of aromatic nitrogens is 1. The number of alkyl halides is 3. The number of aromatic amines is 1. The van der Waals surface area contributed by atoms with Gasteiger partial charge in [-0.2, -0.15) is 13.2 Å². The van der Waals surface area contributed by atoms with Crippen LogP contribution < -0.4 is 19.5 Å². The van der Waals surface area contributed by atoms with Gasteiger partial charge in [-0.3, -0.25) is 9.69 Å². The van der Waals surface area contributed by atoms with Gasteiger partial charge in [-0.1, -0.05) is 0 Å². The maximum Gasteiger partial charge on any atom is 0.419 e. The van der Waals surface area contributed by atoms with Crippen LogP contribution in [0.3, 0.4) is 0 Å². The van der Waals surface area contributed by atoms with E-state index in [-0.39, 0.29) is 12.4 Å². The normalized spacial score (nSPS) is 16.4. The van der Waals surface area contributed by atoms with Gasteiger partial charge in [0.05, 0.1) is 5.56 Å². The highest BCUT2D eigenvalue weighted by molar-refractivity contribution is 5.94. The second-order valence-electron chi connectivity index (χ2n) is 7.45. The zero-order valence-corrected chi connectivity index (χ0v) is 16.7. The number of piperazine rings is 1. The third-order valence-corrected chi connectivity index (χ3v) is 5.16. The van der Waals surface area contributed by atoms with Crippen molar-refractivity contribution in [3.63, 3.8) is 0 Å². The predicted molar refractivity (Wildman–Crippen MR) is 104 cm³/mol. The summed E-state index contributed by atoms with van der Waals surface area (Å²) in [6.07, 6.45) is -4.01. The summed E-state index contributed by atoms with van der Waals surface area (Å²) in [6.45, 7) is 5.06. The lowest BCUT2D eigenvalue weighted by Crippen LogP contribution is -3.16. The molecule has 1 aromatic carbocycles. The summed E-state index contributed by atoms with van der Waals surface area (Å²) in [4.78, 5) is 17.2. The van der Waals surface area contributed by atoms with Crippen LogP contribution in [0.4, 0.5) is 19.0 Å². The van der Waals surface area contributed by atoms with Gasteiger partial charge in [-0.05, 0) is 37.3 Å². The van der Waals surface area contributed by atoms with Crippen LogP contribution >= 0.6 is 0 Å². The molecule has 0 unspecified atom stereocenters. The SMILES string of the molecule is CC(=O)c1ccc(OC[C@@H](O)C[NH+]2CCN(c3ccc(C(F)(F)F)c[nH+]3)CC2)cc1. The standard InChI is InChI=1S/C21H24F3N3O3/c1-15(28)16-2-5-19(6-3-16)30-14-18(29)13-26-8-10-27(11-9-26)20-7-4-17(12-25-20)21(22,23)24/h2-7,12,18,29H,8-11,13-14H2,1H3/p+2/t18-/m0/s1. The lowest BCUT2D eigenvalue weighted by Gasteiger charge is -2.29. The lowest BCUT2D eigenvalue weighted by atomic mass is 10.1. The number of carbonyl (C=O) groups excluding carboxylic acids is 1. The summed E-state index contributed by atoms with van der Waals surface area (Å²) in [5, 5.41) is 10.3. The Balaban J connectivity index is 1.42. The number of ketones is 1. The highest BCUT2D eigenvalue weighted by atomic mass is 19.4. The number of quaternary nitrogens is 1. The van der Waals surface area contributed by atoms with E-state index < -0.39 is 17.8 Å². The van der Waals surface area contributed by atoms with Gasteiger partial charge >= 0.3 is 6.18 Å². The second kappa shape index (κ2) is 9.44. The van der Waals surface area contributed by atoms with E-state index in [0.29, 0.717) is 36.8 Å². The number of nitrogens with zero attached hydrogens (tertiary/aromatic N) is 1. The summed E-state index contributed by atoms with van der Waals surface area (Å²) < 4.78 is 43.6. The zero-order chi connectivity index (χ0) is 21.7. The number of carbonyl (C=O) groups is 1. The average Bonchev–Trinajstić information content (AvgIpc) is 2.72. The number of H-pyrrole nitrogens is 1. The van der Waals surface area contributed by atoms with Crippen molar-refractivity contribution >= 4 is 11.6 Å². The summed E-state index contributed by atoms with van der Waals surface area (Å²) in [7, 11) is 0. The Labute approximate surface area is 172 Å². The Kier molecular flexibility index (Phi) is 6.94. The largest absolute Gasteiger partial charge is 0.491 e. The molecule has 1 aliphatic heterocycles. The molecule has 1 atom stereocenters. The fraction of sp³-hybridized carbons (Fsp3) is 0.429. The molecule has 0 amide bonds. The molecule has 1 fully saturated rings. The fourth-order valence-electron chi connectivity index (χ4n) is 3.43. The summed E-state index contributed by atoms with van der Waals surface area (Å²) in [5.74, 6) is 1.23. The van der Waals surface area contributed by atoms with E-state index in [9.17, 15) is 23.1 Å². The van der Waals surface area contributed by atoms with Gasteiger partial charge in [0.25, 0.3) is 5.82 Å². The molecule has 3 N–H and O–H groups in total. The molecule has 0 aliphatic carbocycles. The Morgan fingerprint density at radius 1 is 1.20 bits per heavy atom. The smallest absolute Gasteiger partial charge is 0.419 e. The monoisotopic (exact) mass is 425 g/mol. The third kappa shape index (κ3) is 5.93. The molecule has 3 rings (SSSR count). The van der Waals surface area contributed by atoms with Gasteiger partial charge in [-0.25, -0.2) is 4.98 Å². The summed E-state index contributed by atoms with van der Waals surface area (Å²) in [5.41, 5.74) is -0.0925. The Bertz CT molecular complexity index is 833. The minimum Gasteiger partial charge on any atom is -0.491 e. The predicted octanol–water partition coefficient (Wildman–Crippen LogP) is 0.867. The molecule has 1 saturated heterocycles. The lowest BCUT2D eigenvalue weighted by molar-refractivity contribution is -0.903. The van der Waals surface area contributed by atoms with Crippen molar-refractivity contribution in [1.82, 2.24) is 0 Å². The van der Waals surface area contributed by atoms with E-state index in [1.807, 2.05) is 4.90 Å². The number of nitrogens with one attached hydrogen (secondary N) is 2. The Morgan fingerprint density at radius 3 is 2.40 bits per heavy atom. The molecule has 9 heteroatoms. The van der Waals surface area contributed by atoms with Crippen LogP contribution in [0.1, 0.15) is 22.8 Å². The van der Waals surface area contributed by atoms with Crippen LogP contribution in [0.5, 0.6) is 5.75 Å². The first kappa shape index (κ1) is 22.0. The van der Waals surface area contributed by atoms with Gasteiger partial charge in [0.1, 0.15) is 57.4 Å². The molecule has 0 bridgehead atoms. The summed E-state index contributed by atoms with van der Waals surface area (Å²) in [6, 6.07) is 9.31. The quantitative estimate of drug-likeness (QED) is 0.646. The Hall–Kier alpha value is -2.65. The van der Waals surface area contributed by atoms with E-state index in [0.717, 1.165) is 25.4 Å². The average molecular weight is 425 g/mol. The van der Waals surface area contributed by atoms with Crippen molar-refractivity contribution in [1.29, 1.82) is 0 Å². The van der Waals surface area contributed by atoms with Crippen LogP contribution in [0.2, 0.25) is 0 Å². The van der Waals surface area contributed by atoms with Crippen LogP contribution in [0.15, 0.2) is 42.6 Å². The number of halogens is 3. The number of benzene rings is 1. The van der Waals surface area contributed by atoms with Crippen molar-refractivity contribution in [2.24, 2.45) is 0 Å². The number of ether oxygens (including phenoxy) is 1. The van der Waals surface area contributed by atoms with E-state index in [1.54, 1.807) is 24.3 Å². The molecule has 162 valence electrons. The van der Waals surface area contributed by atoms with Crippen molar-refractivity contribution in [2.45, 2.75) is 19.2 Å². The highest BCUT2D eigenvalue weighted by Gasteiger charge is 2.33. The van der Waals surface area contributed by atoms with Crippen molar-refractivity contribution < 1.29 is 37.7 Å². The van der Waals surface area contributed by atoms with Gasteiger partial charge < -0.3 is 14.7 Å². The molecule has 0 saturated carbocycles. The van der Waals surface area contributed by atoms with Crippen molar-refractivity contribution in [2.75, 3.05) is 44.2 Å². The number of hydrogen-bond acceptors (Lipinski definition) is 4. The molecule has 1 aliphatic rings. The minimum atomic E-state index is -4.36. The molecule has 0 spiro atoms. The highest BCUT2D eigenvalue weighted by Crippen LogP contribution is 2.28. The number of aliphatic hydroxyl groups is 1. The maximum atomic E-state index is 12.7. The first-order valence-corrected chi connectivity index (χ1v) is 9.81. The number of pyridine rings is 1. The van der Waals surface area contributed by atoms with Crippen LogP contribution in [-0.2, 0) is 6.18 Å². The number of hydrogen-bond donors (Lipinski definition) is 2. The molecule has 2 aromatic rings. The minimum absolute atomic E-state index is 0.0155. The molecular formula is C21H26F3N3O3+2. The number of rotatable bonds is 7. The van der Waals surface area contributed by atoms with E-state index in [2.05, 4.69) is 4.98 Å². The molecule has 30 heavy (non-hydrogen) atoms. The maximum absolute atomic E-state index is 12.7. The first-order valence-electron chi connectivity index (χ1n) is 9.81. The molecular weight excluding hydrogens is 399 g/mol. The topological polar surface area (TPSA) is 68.3 Å². The van der Waals surface area contributed by atoms with E-state index in [1.165, 1.54) is 17.9 Å². The zero-order valence-electron chi connectivity index (χ0n) is 16.7. The molecule has 2 heterocycles. The number of Topliss-reactive ketones (excluding diaryl/α,β-unsaturated/α-hetero) is 1. The van der Waals surface area contributed by atoms with Crippen molar-refractivity contribution in [3.05, 3.63) is 53.7 Å². The number of anilines is 1. The molecule has 6 nitrogen and oxygen atoms in total. The number of aliphatic hydroxyl groups excluding tert-OH is 1. The summed E-state index contributed by atoms with van der Waals surface area (Å²) >= 11 is 0. The Morgan fingerprint density at radius 2 is 1.87 bits per heavy atom. The van der Waals surface area contributed by atoms with Crippen LogP contribution in [0.25, 0.3) is 0 Å². The van der Waals surface area contributed by atoms with E-state index >= 15 is 0 Å². The molecule has 1 aromatic heterocycles. The third-order valence-electron chi connectivity index (χ3n) is 5.16. The van der Waals surface area contributed by atoms with Crippen LogP contribution in [-0.4, -0.2) is 56.3 Å². The van der Waals surface area contributed by atoms with Gasteiger partial charge in [0.2, 0.25) is 0 Å². The second-order valence-corrected chi connectivity index (χ2v) is 7.45. The van der Waals surface area contributed by atoms with Crippen LogP contribution in [0, 0.1) is 0 Å². The fourth-order valence-corrected chi connectivity index (χ4v) is 3.43. The van der Waals surface area contributed by atoms with Gasteiger partial charge in [-0.15, -0.1) is 0 Å². The first-order chi connectivity index (χ1) is 14.2. The molecule has 0 radical (unpaired) electrons. The van der Waals surface area contributed by atoms with E-state index in [4.69, 9.17) is 4.74 Å². The van der Waals surface area contributed by atoms with Gasteiger partial charge in [0.15, 0.2) is 5.78 Å². The van der Waals surface area contributed by atoms with Gasteiger partial charge in [0, 0.05) is 11.6 Å².